The smallest absolute Gasteiger partial charge is 0.168 e. The van der Waals surface area contributed by atoms with Gasteiger partial charge in [0, 0.05) is 55.5 Å². The first kappa shape index (κ1) is 21.4. The number of nitrogens with zero attached hydrogens (tertiary/aromatic N) is 5. The predicted octanol–water partition coefficient (Wildman–Crippen LogP) is 3.24. The number of hydrogen-bond donors (Lipinski definition) is 0. The number of carbonyl (C=O) groups is 1. The molecule has 1 unspecified atom stereocenters. The molecule has 2 aliphatic heterocycles. The average molecular weight is 446 g/mol. The van der Waals surface area contributed by atoms with Gasteiger partial charge in [0.2, 0.25) is 0 Å². The van der Waals surface area contributed by atoms with Crippen LogP contribution in [0.15, 0.2) is 36.8 Å². The number of carbonyl (C=O) groups excluding carboxylic acids is 1. The maximum atomic E-state index is 13.1. The number of aryl methyl sites for hydroxylation is 1. The van der Waals surface area contributed by atoms with Crippen molar-refractivity contribution in [1.29, 1.82) is 5.26 Å². The number of ether oxygens (including phenoxy) is 2. The fourth-order valence-corrected chi connectivity index (χ4v) is 4.71. The topological polar surface area (TPSA) is 92.7 Å². The van der Waals surface area contributed by atoms with Gasteiger partial charge in [-0.05, 0) is 30.0 Å². The van der Waals surface area contributed by atoms with Crippen molar-refractivity contribution in [2.45, 2.75) is 32.6 Å². The molecular formula is C25H27N5O3. The molecule has 2 aliphatic rings. The molecule has 1 aromatic carbocycles. The second-order valence-electron chi connectivity index (χ2n) is 9.17. The normalized spacial score (nSPS) is 20.2. The van der Waals surface area contributed by atoms with Crippen molar-refractivity contribution in [3.05, 3.63) is 53.5 Å². The van der Waals surface area contributed by atoms with Crippen molar-refractivity contribution < 1.29 is 14.3 Å². The predicted molar refractivity (Wildman–Crippen MR) is 123 cm³/mol. The van der Waals surface area contributed by atoms with Crippen LogP contribution in [0.3, 0.4) is 0 Å². The molecule has 2 aromatic heterocycles. The lowest BCUT2D eigenvalue weighted by Crippen LogP contribution is -2.37. The molecule has 0 N–H and O–H groups in total. The van der Waals surface area contributed by atoms with Crippen LogP contribution in [0.1, 0.15) is 41.3 Å². The SMILES string of the molecule is CC1(CC#N)COc2cc(N3CCOCC3)c(CCC(=O)c3cnn4cccnc34)cc2C1. The van der Waals surface area contributed by atoms with E-state index >= 15 is 0 Å². The number of nitriles is 1. The molecule has 0 amide bonds. The number of ketones is 1. The summed E-state index contributed by atoms with van der Waals surface area (Å²) in [6.07, 6.45) is 7.28. The zero-order valence-electron chi connectivity index (χ0n) is 18.8. The van der Waals surface area contributed by atoms with Gasteiger partial charge in [0.25, 0.3) is 0 Å². The summed E-state index contributed by atoms with van der Waals surface area (Å²) < 4.78 is 13.3. The van der Waals surface area contributed by atoms with Crippen LogP contribution in [-0.4, -0.2) is 53.3 Å². The summed E-state index contributed by atoms with van der Waals surface area (Å²) in [6.45, 7) is 5.62. The number of morpholine rings is 1. The number of hydrogen-bond acceptors (Lipinski definition) is 7. The van der Waals surface area contributed by atoms with E-state index in [1.807, 2.05) is 0 Å². The average Bonchev–Trinajstić information content (AvgIpc) is 3.27. The van der Waals surface area contributed by atoms with Gasteiger partial charge in [0.1, 0.15) is 5.75 Å². The minimum atomic E-state index is -0.196. The first-order chi connectivity index (χ1) is 16.1. The molecule has 3 aromatic rings. The number of Topliss-reactive ketones (excluding diaryl/α,β-unsaturated/α-hetero) is 1. The fourth-order valence-electron chi connectivity index (χ4n) is 4.71. The maximum Gasteiger partial charge on any atom is 0.168 e. The number of anilines is 1. The zero-order chi connectivity index (χ0) is 22.8. The molecule has 0 aliphatic carbocycles. The Morgan fingerprint density at radius 3 is 2.97 bits per heavy atom. The summed E-state index contributed by atoms with van der Waals surface area (Å²) in [5.74, 6) is 0.911. The number of rotatable bonds is 6. The molecule has 170 valence electrons. The Bertz CT molecular complexity index is 1220. The van der Waals surface area contributed by atoms with Gasteiger partial charge < -0.3 is 14.4 Å². The molecule has 8 nitrogen and oxygen atoms in total. The summed E-state index contributed by atoms with van der Waals surface area (Å²) in [4.78, 5) is 19.7. The van der Waals surface area contributed by atoms with E-state index in [0.717, 1.165) is 42.1 Å². The lowest BCUT2D eigenvalue weighted by molar-refractivity contribution is 0.0984. The third kappa shape index (κ3) is 4.29. The van der Waals surface area contributed by atoms with E-state index in [1.165, 1.54) is 0 Å². The van der Waals surface area contributed by atoms with E-state index in [2.05, 4.69) is 40.1 Å². The van der Waals surface area contributed by atoms with Gasteiger partial charge >= 0.3 is 0 Å². The minimum absolute atomic E-state index is 0.0277. The molecular weight excluding hydrogens is 418 g/mol. The van der Waals surface area contributed by atoms with Crippen molar-refractivity contribution in [3.63, 3.8) is 0 Å². The fraction of sp³-hybridized carbons (Fsp3) is 0.440. The van der Waals surface area contributed by atoms with E-state index in [0.29, 0.717) is 50.3 Å². The largest absolute Gasteiger partial charge is 0.493 e. The standard InChI is InChI=1S/C25H27N5O3/c1-25(5-6-26)15-19-13-18(21(14-23(19)33-17-25)29-9-11-32-12-10-29)3-4-22(31)20-16-28-30-8-2-7-27-24(20)30/h2,7-8,13-14,16H,3-5,9-12,15,17H2,1H3. The van der Waals surface area contributed by atoms with Crippen LogP contribution in [0.4, 0.5) is 5.69 Å². The monoisotopic (exact) mass is 445 g/mol. The van der Waals surface area contributed by atoms with Crippen molar-refractivity contribution in [1.82, 2.24) is 14.6 Å². The van der Waals surface area contributed by atoms with Crippen LogP contribution < -0.4 is 9.64 Å². The molecule has 8 heteroatoms. The van der Waals surface area contributed by atoms with E-state index in [9.17, 15) is 10.1 Å². The molecule has 0 bridgehead atoms. The van der Waals surface area contributed by atoms with Gasteiger partial charge in [0.05, 0.1) is 37.7 Å². The summed E-state index contributed by atoms with van der Waals surface area (Å²) in [5.41, 5.74) is 4.27. The van der Waals surface area contributed by atoms with Crippen LogP contribution in [0.5, 0.6) is 5.75 Å². The van der Waals surface area contributed by atoms with Crippen LogP contribution in [0, 0.1) is 16.7 Å². The highest BCUT2D eigenvalue weighted by atomic mass is 16.5. The van der Waals surface area contributed by atoms with Gasteiger partial charge in [-0.25, -0.2) is 9.50 Å². The highest BCUT2D eigenvalue weighted by molar-refractivity contribution is 6.01. The van der Waals surface area contributed by atoms with E-state index in [4.69, 9.17) is 9.47 Å². The maximum absolute atomic E-state index is 13.1. The Morgan fingerprint density at radius 2 is 2.15 bits per heavy atom. The zero-order valence-corrected chi connectivity index (χ0v) is 18.8. The molecule has 0 radical (unpaired) electrons. The lowest BCUT2D eigenvalue weighted by Gasteiger charge is -2.36. The Morgan fingerprint density at radius 1 is 1.30 bits per heavy atom. The van der Waals surface area contributed by atoms with E-state index < -0.39 is 0 Å². The van der Waals surface area contributed by atoms with Crippen LogP contribution in [0.2, 0.25) is 0 Å². The third-order valence-corrected chi connectivity index (χ3v) is 6.51. The van der Waals surface area contributed by atoms with E-state index in [-0.39, 0.29) is 11.2 Å². The van der Waals surface area contributed by atoms with E-state index in [1.54, 1.807) is 29.2 Å². The summed E-state index contributed by atoms with van der Waals surface area (Å²) in [5, 5.41) is 13.5. The van der Waals surface area contributed by atoms with Crippen molar-refractivity contribution in [2.24, 2.45) is 5.41 Å². The molecule has 0 spiro atoms. The van der Waals surface area contributed by atoms with Crippen LogP contribution in [-0.2, 0) is 17.6 Å². The Hall–Kier alpha value is -3.44. The number of benzene rings is 1. The summed E-state index contributed by atoms with van der Waals surface area (Å²) in [7, 11) is 0. The Kier molecular flexibility index (Phi) is 5.73. The molecule has 5 rings (SSSR count). The lowest BCUT2D eigenvalue weighted by atomic mass is 9.79. The highest BCUT2D eigenvalue weighted by Crippen LogP contribution is 2.40. The van der Waals surface area contributed by atoms with Crippen molar-refractivity contribution >= 4 is 17.1 Å². The van der Waals surface area contributed by atoms with Crippen molar-refractivity contribution in [3.8, 4) is 11.8 Å². The van der Waals surface area contributed by atoms with Crippen LogP contribution in [0.25, 0.3) is 5.65 Å². The third-order valence-electron chi connectivity index (χ3n) is 6.51. The molecule has 1 saturated heterocycles. The van der Waals surface area contributed by atoms with Gasteiger partial charge in [-0.1, -0.05) is 13.0 Å². The van der Waals surface area contributed by atoms with Gasteiger partial charge in [-0.2, -0.15) is 10.4 Å². The second-order valence-corrected chi connectivity index (χ2v) is 9.17. The number of aromatic nitrogens is 3. The molecule has 33 heavy (non-hydrogen) atoms. The molecule has 4 heterocycles. The molecule has 1 atom stereocenters. The minimum Gasteiger partial charge on any atom is -0.493 e. The van der Waals surface area contributed by atoms with Crippen molar-refractivity contribution in [2.75, 3.05) is 37.8 Å². The highest BCUT2D eigenvalue weighted by Gasteiger charge is 2.32. The second kappa shape index (κ2) is 8.83. The molecule has 0 saturated carbocycles. The quantitative estimate of drug-likeness (QED) is 0.538. The number of fused-ring (bicyclic) bond motifs is 2. The first-order valence-electron chi connectivity index (χ1n) is 11.4. The Labute approximate surface area is 192 Å². The van der Waals surface area contributed by atoms with Crippen LogP contribution >= 0.6 is 0 Å². The van der Waals surface area contributed by atoms with Gasteiger partial charge in [0.15, 0.2) is 11.4 Å². The summed E-state index contributed by atoms with van der Waals surface area (Å²) >= 11 is 0. The Balaban J connectivity index is 1.43. The molecule has 1 fully saturated rings. The van der Waals surface area contributed by atoms with Gasteiger partial charge in [-0.15, -0.1) is 0 Å². The summed E-state index contributed by atoms with van der Waals surface area (Å²) in [6, 6.07) is 8.38. The van der Waals surface area contributed by atoms with Gasteiger partial charge in [-0.3, -0.25) is 4.79 Å². The first-order valence-corrected chi connectivity index (χ1v) is 11.4.